The largest absolute Gasteiger partial charge is 0.388 e. The SMILES string of the molecule is CCC1OCCC1C(O)c1cnccc1C. The standard InChI is InChI=1S/C13H19NO2/c1-3-12-10(5-7-16-12)13(15)11-8-14-6-4-9(11)2/h4,6,8,10,12-13,15H,3,5,7H2,1-2H3. The molecule has 16 heavy (non-hydrogen) atoms. The third-order valence-corrected chi connectivity index (χ3v) is 3.47. The lowest BCUT2D eigenvalue weighted by Gasteiger charge is -2.23. The van der Waals surface area contributed by atoms with E-state index < -0.39 is 6.10 Å². The van der Waals surface area contributed by atoms with Crippen LogP contribution in [-0.2, 0) is 4.74 Å². The fraction of sp³-hybridized carbons (Fsp3) is 0.615. The van der Waals surface area contributed by atoms with Crippen LogP contribution in [0, 0.1) is 12.8 Å². The number of hydrogen-bond donors (Lipinski definition) is 1. The molecule has 2 heterocycles. The molecule has 1 aliphatic rings. The molecule has 0 bridgehead atoms. The predicted octanol–water partition coefficient (Wildman–Crippen LogP) is 2.24. The number of hydrogen-bond acceptors (Lipinski definition) is 3. The molecule has 3 nitrogen and oxygen atoms in total. The van der Waals surface area contributed by atoms with Gasteiger partial charge >= 0.3 is 0 Å². The van der Waals surface area contributed by atoms with Crippen LogP contribution in [0.3, 0.4) is 0 Å². The summed E-state index contributed by atoms with van der Waals surface area (Å²) in [6.07, 6.45) is 5.17. The van der Waals surface area contributed by atoms with Crippen LogP contribution in [0.15, 0.2) is 18.5 Å². The molecule has 1 saturated heterocycles. The molecule has 1 N–H and O–H groups in total. The second-order valence-electron chi connectivity index (χ2n) is 4.45. The highest BCUT2D eigenvalue weighted by Crippen LogP contribution is 2.35. The number of nitrogens with zero attached hydrogens (tertiary/aromatic N) is 1. The van der Waals surface area contributed by atoms with Crippen molar-refractivity contribution >= 4 is 0 Å². The summed E-state index contributed by atoms with van der Waals surface area (Å²) in [6.45, 7) is 4.88. The molecule has 0 saturated carbocycles. The smallest absolute Gasteiger partial charge is 0.0861 e. The highest BCUT2D eigenvalue weighted by molar-refractivity contribution is 5.24. The lowest BCUT2D eigenvalue weighted by Crippen LogP contribution is -2.22. The van der Waals surface area contributed by atoms with Crippen molar-refractivity contribution in [1.29, 1.82) is 0 Å². The molecule has 3 unspecified atom stereocenters. The number of rotatable bonds is 3. The van der Waals surface area contributed by atoms with Crippen molar-refractivity contribution in [2.45, 2.75) is 38.9 Å². The number of aryl methyl sites for hydroxylation is 1. The number of ether oxygens (including phenoxy) is 1. The van der Waals surface area contributed by atoms with Gasteiger partial charge in [-0.2, -0.15) is 0 Å². The molecule has 1 aromatic rings. The van der Waals surface area contributed by atoms with E-state index in [0.29, 0.717) is 0 Å². The van der Waals surface area contributed by atoms with E-state index >= 15 is 0 Å². The molecule has 3 atom stereocenters. The van der Waals surface area contributed by atoms with Crippen LogP contribution in [0.25, 0.3) is 0 Å². The molecule has 2 rings (SSSR count). The average Bonchev–Trinajstić information content (AvgIpc) is 2.77. The van der Waals surface area contributed by atoms with Crippen molar-refractivity contribution in [3.8, 4) is 0 Å². The Morgan fingerprint density at radius 2 is 2.44 bits per heavy atom. The Morgan fingerprint density at radius 1 is 1.62 bits per heavy atom. The Bertz CT molecular complexity index is 354. The average molecular weight is 221 g/mol. The Morgan fingerprint density at radius 3 is 3.12 bits per heavy atom. The number of aromatic nitrogens is 1. The monoisotopic (exact) mass is 221 g/mol. The maximum atomic E-state index is 10.4. The zero-order valence-electron chi connectivity index (χ0n) is 9.89. The van der Waals surface area contributed by atoms with Crippen molar-refractivity contribution < 1.29 is 9.84 Å². The minimum Gasteiger partial charge on any atom is -0.388 e. The van der Waals surface area contributed by atoms with E-state index in [9.17, 15) is 5.11 Å². The van der Waals surface area contributed by atoms with Gasteiger partial charge in [-0.3, -0.25) is 4.98 Å². The molecule has 0 spiro atoms. The molecule has 0 aliphatic carbocycles. The second kappa shape index (κ2) is 4.93. The molecular weight excluding hydrogens is 202 g/mol. The van der Waals surface area contributed by atoms with E-state index in [-0.39, 0.29) is 12.0 Å². The molecule has 0 radical (unpaired) electrons. The summed E-state index contributed by atoms with van der Waals surface area (Å²) in [5.41, 5.74) is 2.04. The Balaban J connectivity index is 2.18. The van der Waals surface area contributed by atoms with Gasteiger partial charge in [0.15, 0.2) is 0 Å². The van der Waals surface area contributed by atoms with E-state index in [1.54, 1.807) is 12.4 Å². The van der Waals surface area contributed by atoms with E-state index in [2.05, 4.69) is 11.9 Å². The summed E-state index contributed by atoms with van der Waals surface area (Å²) < 4.78 is 5.62. The number of pyridine rings is 1. The van der Waals surface area contributed by atoms with Gasteiger partial charge in [-0.25, -0.2) is 0 Å². The predicted molar refractivity (Wildman–Crippen MR) is 62.1 cm³/mol. The molecule has 0 amide bonds. The second-order valence-corrected chi connectivity index (χ2v) is 4.45. The van der Waals surface area contributed by atoms with Crippen LogP contribution >= 0.6 is 0 Å². The summed E-state index contributed by atoms with van der Waals surface area (Å²) in [5, 5.41) is 10.4. The topological polar surface area (TPSA) is 42.4 Å². The third-order valence-electron chi connectivity index (χ3n) is 3.47. The first-order valence-electron chi connectivity index (χ1n) is 5.94. The molecule has 88 valence electrons. The van der Waals surface area contributed by atoms with Crippen LogP contribution in [0.2, 0.25) is 0 Å². The summed E-state index contributed by atoms with van der Waals surface area (Å²) >= 11 is 0. The lowest BCUT2D eigenvalue weighted by atomic mass is 9.88. The van der Waals surface area contributed by atoms with Gasteiger partial charge in [-0.15, -0.1) is 0 Å². The molecule has 1 aromatic heterocycles. The van der Waals surface area contributed by atoms with Crippen LogP contribution in [-0.4, -0.2) is 22.8 Å². The quantitative estimate of drug-likeness (QED) is 0.851. The Hall–Kier alpha value is -0.930. The first-order valence-corrected chi connectivity index (χ1v) is 5.94. The third kappa shape index (κ3) is 2.11. The van der Waals surface area contributed by atoms with Crippen LogP contribution < -0.4 is 0 Å². The highest BCUT2D eigenvalue weighted by atomic mass is 16.5. The summed E-state index contributed by atoms with van der Waals surface area (Å²) in [6, 6.07) is 1.94. The van der Waals surface area contributed by atoms with E-state index in [0.717, 1.165) is 30.6 Å². The van der Waals surface area contributed by atoms with Crippen LogP contribution in [0.1, 0.15) is 37.0 Å². The lowest BCUT2D eigenvalue weighted by molar-refractivity contribution is 0.0303. The molecule has 1 fully saturated rings. The molecule has 0 aromatic carbocycles. The Labute approximate surface area is 96.5 Å². The van der Waals surface area contributed by atoms with Gasteiger partial charge < -0.3 is 9.84 Å². The van der Waals surface area contributed by atoms with Crippen molar-refractivity contribution in [3.63, 3.8) is 0 Å². The normalized spacial score (nSPS) is 26.9. The summed E-state index contributed by atoms with van der Waals surface area (Å²) in [4.78, 5) is 4.09. The maximum Gasteiger partial charge on any atom is 0.0861 e. The molecule has 1 aliphatic heterocycles. The van der Waals surface area contributed by atoms with Crippen molar-refractivity contribution in [2.24, 2.45) is 5.92 Å². The Kier molecular flexibility index (Phi) is 3.56. The summed E-state index contributed by atoms with van der Waals surface area (Å²) in [7, 11) is 0. The van der Waals surface area contributed by atoms with Crippen molar-refractivity contribution in [2.75, 3.05) is 6.61 Å². The van der Waals surface area contributed by atoms with Gasteiger partial charge in [0, 0.05) is 30.5 Å². The summed E-state index contributed by atoms with van der Waals surface area (Å²) in [5.74, 6) is 0.216. The number of aliphatic hydroxyl groups is 1. The van der Waals surface area contributed by atoms with Gasteiger partial charge in [-0.1, -0.05) is 6.92 Å². The van der Waals surface area contributed by atoms with Crippen molar-refractivity contribution in [1.82, 2.24) is 4.98 Å². The van der Waals surface area contributed by atoms with Crippen molar-refractivity contribution in [3.05, 3.63) is 29.6 Å². The van der Waals surface area contributed by atoms with Gasteiger partial charge in [0.1, 0.15) is 0 Å². The van der Waals surface area contributed by atoms with Gasteiger partial charge in [0.05, 0.1) is 12.2 Å². The minimum absolute atomic E-state index is 0.189. The van der Waals surface area contributed by atoms with E-state index in [4.69, 9.17) is 4.74 Å². The van der Waals surface area contributed by atoms with Gasteiger partial charge in [0.2, 0.25) is 0 Å². The van der Waals surface area contributed by atoms with Gasteiger partial charge in [0.25, 0.3) is 0 Å². The first-order chi connectivity index (χ1) is 7.74. The van der Waals surface area contributed by atoms with Gasteiger partial charge in [-0.05, 0) is 31.4 Å². The molecule has 3 heteroatoms. The fourth-order valence-corrected chi connectivity index (χ4v) is 2.46. The molecular formula is C13H19NO2. The zero-order valence-corrected chi connectivity index (χ0v) is 9.89. The first kappa shape index (κ1) is 11.6. The van der Waals surface area contributed by atoms with Crippen LogP contribution in [0.5, 0.6) is 0 Å². The van der Waals surface area contributed by atoms with Crippen LogP contribution in [0.4, 0.5) is 0 Å². The fourth-order valence-electron chi connectivity index (χ4n) is 2.46. The zero-order chi connectivity index (χ0) is 11.5. The number of aliphatic hydroxyl groups excluding tert-OH is 1. The van der Waals surface area contributed by atoms with E-state index in [1.807, 2.05) is 13.0 Å². The highest BCUT2D eigenvalue weighted by Gasteiger charge is 2.33. The van der Waals surface area contributed by atoms with E-state index in [1.165, 1.54) is 0 Å². The minimum atomic E-state index is -0.443. The maximum absolute atomic E-state index is 10.4.